The lowest BCUT2D eigenvalue weighted by molar-refractivity contribution is -0.139. The van der Waals surface area contributed by atoms with Gasteiger partial charge in [0.25, 0.3) is 0 Å². The Hall–Kier alpha value is -0.610. The van der Waals surface area contributed by atoms with Gasteiger partial charge in [-0.1, -0.05) is 0 Å². The molecule has 4 rings (SSSR count). The Balaban J connectivity index is 1.32. The Morgan fingerprint density at radius 2 is 1.60 bits per heavy atom. The highest BCUT2D eigenvalue weighted by Crippen LogP contribution is 2.49. The number of carbonyl (C=O) groups excluding carboxylic acids is 1. The van der Waals surface area contributed by atoms with Gasteiger partial charge >= 0.3 is 0 Å². The van der Waals surface area contributed by atoms with E-state index in [0.717, 1.165) is 57.1 Å². The highest BCUT2D eigenvalue weighted by molar-refractivity contribution is 5.80. The lowest BCUT2D eigenvalue weighted by atomic mass is 9.95. The quantitative estimate of drug-likeness (QED) is 0.830. The third-order valence-electron chi connectivity index (χ3n) is 5.72. The fourth-order valence-electron chi connectivity index (χ4n) is 4.17. The van der Waals surface area contributed by atoms with Crippen LogP contribution in [0.15, 0.2) is 0 Å². The number of rotatable bonds is 4. The molecule has 2 aliphatic carbocycles. The monoisotopic (exact) mass is 277 g/mol. The van der Waals surface area contributed by atoms with Crippen molar-refractivity contribution in [3.8, 4) is 0 Å². The van der Waals surface area contributed by atoms with E-state index < -0.39 is 0 Å². The Kier molecular flexibility index (Phi) is 3.47. The molecule has 2 saturated carbocycles. The molecular formula is C16H27N3O. The summed E-state index contributed by atoms with van der Waals surface area (Å²) in [5.41, 5.74) is 0. The summed E-state index contributed by atoms with van der Waals surface area (Å²) in [5, 5.41) is 3.45. The predicted molar refractivity (Wildman–Crippen MR) is 78.4 cm³/mol. The van der Waals surface area contributed by atoms with Crippen LogP contribution in [0.3, 0.4) is 0 Å². The Morgan fingerprint density at radius 1 is 0.950 bits per heavy atom. The lowest BCUT2D eigenvalue weighted by Gasteiger charge is -2.39. The first kappa shape index (κ1) is 13.1. The molecule has 4 fully saturated rings. The van der Waals surface area contributed by atoms with Crippen molar-refractivity contribution in [3.05, 3.63) is 0 Å². The van der Waals surface area contributed by atoms with Crippen LogP contribution in [-0.2, 0) is 4.79 Å². The Morgan fingerprint density at radius 3 is 2.10 bits per heavy atom. The first-order chi connectivity index (χ1) is 9.83. The first-order valence-electron chi connectivity index (χ1n) is 8.56. The van der Waals surface area contributed by atoms with Crippen molar-refractivity contribution in [2.75, 3.05) is 39.3 Å². The second-order valence-electron chi connectivity index (χ2n) is 7.21. The fraction of sp³-hybridized carbons (Fsp3) is 0.938. The molecule has 0 aromatic rings. The molecule has 2 aliphatic heterocycles. The van der Waals surface area contributed by atoms with Gasteiger partial charge in [0.05, 0.1) is 0 Å². The second kappa shape index (κ2) is 5.30. The van der Waals surface area contributed by atoms with Crippen LogP contribution in [0.25, 0.3) is 0 Å². The van der Waals surface area contributed by atoms with Gasteiger partial charge in [0.1, 0.15) is 0 Å². The van der Waals surface area contributed by atoms with Gasteiger partial charge in [0.2, 0.25) is 5.91 Å². The van der Waals surface area contributed by atoms with Gasteiger partial charge in [-0.2, -0.15) is 0 Å². The molecule has 2 saturated heterocycles. The van der Waals surface area contributed by atoms with Crippen LogP contribution < -0.4 is 5.32 Å². The maximum atomic E-state index is 12.8. The van der Waals surface area contributed by atoms with E-state index in [1.54, 1.807) is 0 Å². The Bertz CT molecular complexity index is 352. The van der Waals surface area contributed by atoms with Gasteiger partial charge in [-0.15, -0.1) is 0 Å². The topological polar surface area (TPSA) is 35.6 Å². The smallest absolute Gasteiger partial charge is 0.226 e. The third-order valence-corrected chi connectivity index (χ3v) is 5.72. The van der Waals surface area contributed by atoms with Gasteiger partial charge in [0.15, 0.2) is 0 Å². The van der Waals surface area contributed by atoms with Crippen LogP contribution in [-0.4, -0.2) is 61.0 Å². The van der Waals surface area contributed by atoms with E-state index in [4.69, 9.17) is 0 Å². The van der Waals surface area contributed by atoms with Crippen LogP contribution in [0, 0.1) is 17.8 Å². The highest BCUT2D eigenvalue weighted by Gasteiger charge is 2.47. The van der Waals surface area contributed by atoms with E-state index >= 15 is 0 Å². The zero-order chi connectivity index (χ0) is 13.5. The zero-order valence-corrected chi connectivity index (χ0v) is 12.4. The van der Waals surface area contributed by atoms with Gasteiger partial charge in [-0.3, -0.25) is 9.69 Å². The van der Waals surface area contributed by atoms with E-state index in [1.165, 1.54) is 32.1 Å². The number of hydrogen-bond acceptors (Lipinski definition) is 3. The molecule has 1 atom stereocenters. The standard InChI is InChI=1S/C16H27N3O/c20-16(15(12-1-2-12)13-3-4-13)19-9-7-18(8-10-19)14-5-6-17-11-14/h12-15,17H,1-11H2. The lowest BCUT2D eigenvalue weighted by Crippen LogP contribution is -2.53. The Labute approximate surface area is 121 Å². The largest absolute Gasteiger partial charge is 0.340 e. The van der Waals surface area contributed by atoms with Gasteiger partial charge in [0, 0.05) is 44.7 Å². The maximum absolute atomic E-state index is 12.8. The molecule has 4 nitrogen and oxygen atoms in total. The number of amides is 1. The van der Waals surface area contributed by atoms with Crippen molar-refractivity contribution >= 4 is 5.91 Å². The molecule has 0 bridgehead atoms. The molecule has 1 N–H and O–H groups in total. The SMILES string of the molecule is O=C(C(C1CC1)C1CC1)N1CCN(C2CCNC2)CC1. The van der Waals surface area contributed by atoms with Crippen LogP contribution in [0.2, 0.25) is 0 Å². The summed E-state index contributed by atoms with van der Waals surface area (Å²) in [6.45, 7) is 6.40. The normalized spacial score (nSPS) is 32.0. The number of nitrogens with one attached hydrogen (secondary N) is 1. The van der Waals surface area contributed by atoms with E-state index in [0.29, 0.717) is 11.8 Å². The molecular weight excluding hydrogens is 250 g/mol. The van der Waals surface area contributed by atoms with Crippen LogP contribution >= 0.6 is 0 Å². The van der Waals surface area contributed by atoms with Crippen LogP contribution in [0.1, 0.15) is 32.1 Å². The van der Waals surface area contributed by atoms with Crippen LogP contribution in [0.4, 0.5) is 0 Å². The highest BCUT2D eigenvalue weighted by atomic mass is 16.2. The average Bonchev–Trinajstić information content (AvgIpc) is 3.42. The van der Waals surface area contributed by atoms with E-state index in [1.807, 2.05) is 0 Å². The summed E-state index contributed by atoms with van der Waals surface area (Å²) >= 11 is 0. The maximum Gasteiger partial charge on any atom is 0.226 e. The van der Waals surface area contributed by atoms with Gasteiger partial charge in [-0.25, -0.2) is 0 Å². The minimum atomic E-state index is 0.398. The van der Waals surface area contributed by atoms with Crippen molar-refractivity contribution in [1.82, 2.24) is 15.1 Å². The van der Waals surface area contributed by atoms with Crippen molar-refractivity contribution in [1.29, 1.82) is 0 Å². The molecule has 0 aromatic heterocycles. The molecule has 1 unspecified atom stereocenters. The third kappa shape index (κ3) is 2.60. The molecule has 0 aromatic carbocycles. The minimum Gasteiger partial charge on any atom is -0.340 e. The fourth-order valence-corrected chi connectivity index (χ4v) is 4.17. The molecule has 0 radical (unpaired) electrons. The average molecular weight is 277 g/mol. The second-order valence-corrected chi connectivity index (χ2v) is 7.21. The van der Waals surface area contributed by atoms with E-state index in [-0.39, 0.29) is 0 Å². The van der Waals surface area contributed by atoms with Gasteiger partial charge in [-0.05, 0) is 50.5 Å². The predicted octanol–water partition coefficient (Wildman–Crippen LogP) is 0.929. The zero-order valence-electron chi connectivity index (χ0n) is 12.4. The molecule has 1 amide bonds. The van der Waals surface area contributed by atoms with E-state index in [9.17, 15) is 4.79 Å². The number of carbonyl (C=O) groups is 1. The summed E-state index contributed by atoms with van der Waals surface area (Å²) in [6, 6.07) is 0.718. The van der Waals surface area contributed by atoms with Crippen molar-refractivity contribution in [3.63, 3.8) is 0 Å². The summed E-state index contributed by atoms with van der Waals surface area (Å²) in [5.74, 6) is 2.38. The summed E-state index contributed by atoms with van der Waals surface area (Å²) < 4.78 is 0. The van der Waals surface area contributed by atoms with Crippen molar-refractivity contribution in [2.24, 2.45) is 17.8 Å². The van der Waals surface area contributed by atoms with Crippen LogP contribution in [0.5, 0.6) is 0 Å². The van der Waals surface area contributed by atoms with Crippen molar-refractivity contribution < 1.29 is 4.79 Å². The summed E-state index contributed by atoms with van der Waals surface area (Å²) in [4.78, 5) is 17.6. The molecule has 2 heterocycles. The molecule has 4 aliphatic rings. The molecule has 112 valence electrons. The molecule has 4 heteroatoms. The number of piperazine rings is 1. The minimum absolute atomic E-state index is 0.398. The number of hydrogen-bond donors (Lipinski definition) is 1. The molecule has 20 heavy (non-hydrogen) atoms. The van der Waals surface area contributed by atoms with E-state index in [2.05, 4.69) is 15.1 Å². The number of nitrogens with zero attached hydrogens (tertiary/aromatic N) is 2. The summed E-state index contributed by atoms with van der Waals surface area (Å²) in [7, 11) is 0. The first-order valence-corrected chi connectivity index (χ1v) is 8.56. The van der Waals surface area contributed by atoms with Crippen molar-refractivity contribution in [2.45, 2.75) is 38.1 Å². The van der Waals surface area contributed by atoms with Gasteiger partial charge < -0.3 is 10.2 Å². The summed E-state index contributed by atoms with van der Waals surface area (Å²) in [6.07, 6.45) is 6.50. The molecule has 0 spiro atoms.